The number of fused-ring (bicyclic) bond motifs is 1. The van der Waals surface area contributed by atoms with E-state index in [0.717, 1.165) is 72.3 Å². The van der Waals surface area contributed by atoms with E-state index in [0.29, 0.717) is 10.9 Å². The Morgan fingerprint density at radius 1 is 1.16 bits per heavy atom. The number of hydrogen-bond acceptors (Lipinski definition) is 7. The average Bonchev–Trinajstić information content (AvgIpc) is 3.38. The van der Waals surface area contributed by atoms with Gasteiger partial charge in [0.2, 0.25) is 12.7 Å². The molecule has 7 nitrogen and oxygen atoms in total. The van der Waals surface area contributed by atoms with Crippen molar-refractivity contribution in [2.75, 3.05) is 44.8 Å². The number of halogens is 1. The predicted octanol–water partition coefficient (Wildman–Crippen LogP) is 5.09. The van der Waals surface area contributed by atoms with Crippen LogP contribution >= 0.6 is 22.9 Å². The van der Waals surface area contributed by atoms with E-state index >= 15 is 0 Å². The van der Waals surface area contributed by atoms with Crippen LogP contribution in [0.5, 0.6) is 11.5 Å². The van der Waals surface area contributed by atoms with Crippen LogP contribution in [-0.4, -0.2) is 60.2 Å². The van der Waals surface area contributed by atoms with Gasteiger partial charge in [0.25, 0.3) is 0 Å². The van der Waals surface area contributed by atoms with Crippen molar-refractivity contribution in [3.8, 4) is 11.5 Å². The van der Waals surface area contributed by atoms with Crippen molar-refractivity contribution in [1.82, 2.24) is 14.8 Å². The molecule has 37 heavy (non-hydrogen) atoms. The standard InChI is InChI=1S/C28H29ClN4O3S/c1-2-11-32-12-14-33(15-13-32)25(20-5-3-4-6-21(20)29)24-17-30-27(37-24)31-26(34)28(9-10-28)19-7-8-22-23(16-19)36-18-35-22/h2-8,16-17,25H,1,9-15,18H2,(H,30,31,34). The highest BCUT2D eigenvalue weighted by Gasteiger charge is 2.52. The van der Waals surface area contributed by atoms with Crippen molar-refractivity contribution in [2.24, 2.45) is 0 Å². The summed E-state index contributed by atoms with van der Waals surface area (Å²) in [6.45, 7) is 8.74. The molecular weight excluding hydrogens is 508 g/mol. The third-order valence-electron chi connectivity index (χ3n) is 7.48. The number of amides is 1. The molecule has 192 valence electrons. The first kappa shape index (κ1) is 24.4. The largest absolute Gasteiger partial charge is 0.454 e. The summed E-state index contributed by atoms with van der Waals surface area (Å²) in [6, 6.07) is 13.8. The van der Waals surface area contributed by atoms with Crippen molar-refractivity contribution in [3.63, 3.8) is 0 Å². The van der Waals surface area contributed by atoms with Crippen LogP contribution < -0.4 is 14.8 Å². The molecule has 3 heterocycles. The number of anilines is 1. The first-order valence-electron chi connectivity index (χ1n) is 12.6. The van der Waals surface area contributed by atoms with Crippen LogP contribution in [0.4, 0.5) is 5.13 Å². The molecule has 0 spiro atoms. The molecule has 2 fully saturated rings. The third-order valence-corrected chi connectivity index (χ3v) is 8.79. The molecule has 6 rings (SSSR count). The zero-order valence-corrected chi connectivity index (χ0v) is 22.1. The van der Waals surface area contributed by atoms with Crippen molar-refractivity contribution in [2.45, 2.75) is 24.3 Å². The maximum absolute atomic E-state index is 13.4. The van der Waals surface area contributed by atoms with Crippen LogP contribution in [0.3, 0.4) is 0 Å². The highest BCUT2D eigenvalue weighted by molar-refractivity contribution is 7.15. The van der Waals surface area contributed by atoms with Crippen LogP contribution in [0, 0.1) is 0 Å². The molecular formula is C28H29ClN4O3S. The van der Waals surface area contributed by atoms with Crippen LogP contribution in [0.1, 0.15) is 34.9 Å². The second-order valence-corrected chi connectivity index (χ2v) is 11.2. The van der Waals surface area contributed by atoms with E-state index in [9.17, 15) is 4.79 Å². The lowest BCUT2D eigenvalue weighted by molar-refractivity contribution is -0.118. The molecule has 1 aliphatic carbocycles. The Hall–Kier alpha value is -2.91. The zero-order valence-electron chi connectivity index (χ0n) is 20.5. The molecule has 2 aromatic carbocycles. The lowest BCUT2D eigenvalue weighted by atomic mass is 9.94. The highest BCUT2D eigenvalue weighted by Crippen LogP contribution is 2.51. The van der Waals surface area contributed by atoms with Gasteiger partial charge in [-0.1, -0.05) is 53.3 Å². The summed E-state index contributed by atoms with van der Waals surface area (Å²) in [7, 11) is 0. The Labute approximate surface area is 225 Å². The van der Waals surface area contributed by atoms with Gasteiger partial charge < -0.3 is 14.8 Å². The topological polar surface area (TPSA) is 66.9 Å². The van der Waals surface area contributed by atoms with E-state index in [1.807, 2.05) is 48.7 Å². The number of aromatic nitrogens is 1. The van der Waals surface area contributed by atoms with E-state index < -0.39 is 5.41 Å². The van der Waals surface area contributed by atoms with Gasteiger partial charge in [0.1, 0.15) is 0 Å². The minimum absolute atomic E-state index is 0.0218. The van der Waals surface area contributed by atoms with Crippen LogP contribution in [-0.2, 0) is 10.2 Å². The molecule has 1 saturated heterocycles. The summed E-state index contributed by atoms with van der Waals surface area (Å²) < 4.78 is 11.0. The molecule has 0 radical (unpaired) electrons. The van der Waals surface area contributed by atoms with E-state index in [4.69, 9.17) is 21.1 Å². The number of carbonyl (C=O) groups excluding carboxylic acids is 1. The van der Waals surface area contributed by atoms with E-state index in [1.54, 1.807) is 0 Å². The van der Waals surface area contributed by atoms with Gasteiger partial charge in [0.15, 0.2) is 16.6 Å². The van der Waals surface area contributed by atoms with E-state index in [1.165, 1.54) is 11.3 Å². The SMILES string of the molecule is C=CCN1CCN(C(c2cnc(NC(=O)C3(c4ccc5c(c4)OCO5)CC3)s2)c2ccccc2Cl)CC1. The maximum Gasteiger partial charge on any atom is 0.236 e. The maximum atomic E-state index is 13.4. The molecule has 1 N–H and O–H groups in total. The van der Waals surface area contributed by atoms with Gasteiger partial charge in [-0.05, 0) is 42.2 Å². The monoisotopic (exact) mass is 536 g/mol. The number of hydrogen-bond donors (Lipinski definition) is 1. The van der Waals surface area contributed by atoms with Crippen molar-refractivity contribution >= 4 is 34.0 Å². The summed E-state index contributed by atoms with van der Waals surface area (Å²) in [6.07, 6.45) is 5.43. The number of piperazine rings is 1. The third kappa shape index (κ3) is 4.75. The second-order valence-electron chi connectivity index (χ2n) is 9.72. The fourth-order valence-corrected chi connectivity index (χ4v) is 6.47. The average molecular weight is 537 g/mol. The Balaban J connectivity index is 1.22. The summed E-state index contributed by atoms with van der Waals surface area (Å²) in [5.74, 6) is 1.39. The zero-order chi connectivity index (χ0) is 25.4. The molecule has 2 aliphatic heterocycles. The normalized spacial score (nSPS) is 19.4. The van der Waals surface area contributed by atoms with Crippen LogP contribution in [0.2, 0.25) is 5.02 Å². The van der Waals surface area contributed by atoms with Gasteiger partial charge in [0, 0.05) is 48.8 Å². The number of benzene rings is 2. The summed E-state index contributed by atoms with van der Waals surface area (Å²) in [5, 5.41) is 4.45. The van der Waals surface area contributed by atoms with E-state index in [-0.39, 0.29) is 18.7 Å². The van der Waals surface area contributed by atoms with Crippen LogP contribution in [0.15, 0.2) is 61.3 Å². The summed E-state index contributed by atoms with van der Waals surface area (Å²) >= 11 is 8.20. The number of nitrogens with zero attached hydrogens (tertiary/aromatic N) is 3. The Morgan fingerprint density at radius 3 is 2.70 bits per heavy atom. The van der Waals surface area contributed by atoms with Gasteiger partial charge in [-0.3, -0.25) is 14.6 Å². The van der Waals surface area contributed by atoms with Gasteiger partial charge >= 0.3 is 0 Å². The predicted molar refractivity (Wildman–Crippen MR) is 146 cm³/mol. The molecule has 1 saturated carbocycles. The highest BCUT2D eigenvalue weighted by atomic mass is 35.5. The first-order chi connectivity index (χ1) is 18.1. The Kier molecular flexibility index (Phi) is 6.67. The lowest BCUT2D eigenvalue weighted by Crippen LogP contribution is -2.47. The number of ether oxygens (including phenoxy) is 2. The Morgan fingerprint density at radius 2 is 1.95 bits per heavy atom. The number of thiazole rings is 1. The number of rotatable bonds is 8. The van der Waals surface area contributed by atoms with E-state index in [2.05, 4.69) is 32.7 Å². The van der Waals surface area contributed by atoms with Crippen molar-refractivity contribution in [1.29, 1.82) is 0 Å². The molecule has 3 aromatic rings. The molecule has 1 amide bonds. The molecule has 1 atom stereocenters. The molecule has 9 heteroatoms. The molecule has 1 aromatic heterocycles. The molecule has 3 aliphatic rings. The minimum Gasteiger partial charge on any atom is -0.454 e. The fourth-order valence-electron chi connectivity index (χ4n) is 5.27. The Bertz CT molecular complexity index is 1320. The smallest absolute Gasteiger partial charge is 0.236 e. The van der Waals surface area contributed by atoms with Crippen molar-refractivity contribution in [3.05, 3.63) is 82.3 Å². The van der Waals surface area contributed by atoms with Crippen molar-refractivity contribution < 1.29 is 14.3 Å². The van der Waals surface area contributed by atoms with Gasteiger partial charge in [0.05, 0.1) is 11.5 Å². The van der Waals surface area contributed by atoms with Crippen LogP contribution in [0.25, 0.3) is 0 Å². The second kappa shape index (κ2) is 10.1. The molecule has 1 unspecified atom stereocenters. The summed E-state index contributed by atoms with van der Waals surface area (Å²) in [5.41, 5.74) is 1.47. The minimum atomic E-state index is -0.545. The quantitative estimate of drug-likeness (QED) is 0.405. The summed E-state index contributed by atoms with van der Waals surface area (Å²) in [4.78, 5) is 24.0. The number of carbonyl (C=O) groups is 1. The number of nitrogens with one attached hydrogen (secondary N) is 1. The lowest BCUT2D eigenvalue weighted by Gasteiger charge is -2.39. The van der Waals surface area contributed by atoms with Gasteiger partial charge in [-0.15, -0.1) is 6.58 Å². The van der Waals surface area contributed by atoms with Gasteiger partial charge in [-0.25, -0.2) is 4.98 Å². The van der Waals surface area contributed by atoms with Gasteiger partial charge in [-0.2, -0.15) is 0 Å². The first-order valence-corrected chi connectivity index (χ1v) is 13.8. The fraction of sp³-hybridized carbons (Fsp3) is 0.357. The molecule has 0 bridgehead atoms.